The van der Waals surface area contributed by atoms with Crippen molar-refractivity contribution in [1.82, 2.24) is 5.41 Å². The highest BCUT2D eigenvalue weighted by atomic mass is 14.3. The number of hydrogen-bond acceptors (Lipinski definition) is 2. The lowest BCUT2D eigenvalue weighted by atomic mass is 10.1. The molecule has 1 rings (SSSR count). The van der Waals surface area contributed by atoms with Gasteiger partial charge < -0.3 is 0 Å². The van der Waals surface area contributed by atoms with Crippen molar-refractivity contribution < 1.29 is 0 Å². The molecule has 59 valence electrons. The molecule has 0 aliphatic rings. The van der Waals surface area contributed by atoms with E-state index in [1.807, 2.05) is 18.0 Å². The van der Waals surface area contributed by atoms with Gasteiger partial charge in [0.2, 0.25) is 0 Å². The first kappa shape index (κ1) is 8.74. The second-order valence-electron chi connectivity index (χ2n) is 2.39. The zero-order valence-corrected chi connectivity index (χ0v) is 6.70. The van der Waals surface area contributed by atoms with Crippen LogP contribution in [0.25, 0.3) is 6.58 Å². The van der Waals surface area contributed by atoms with Crippen LogP contribution in [0.5, 0.6) is 0 Å². The quantitative estimate of drug-likeness (QED) is 0.463. The van der Waals surface area contributed by atoms with Gasteiger partial charge in [-0.05, 0) is 12.1 Å². The lowest BCUT2D eigenvalue weighted by Gasteiger charge is -1.91. The van der Waals surface area contributed by atoms with Gasteiger partial charge >= 0.3 is 0 Å². The summed E-state index contributed by atoms with van der Waals surface area (Å²) in [6.07, 6.45) is 0. The first-order valence-corrected chi connectivity index (χ1v) is 3.43. The topological polar surface area (TPSA) is 69.9 Å². The van der Waals surface area contributed by atoms with E-state index in [1.54, 1.807) is 0 Å². The summed E-state index contributed by atoms with van der Waals surface area (Å²) >= 11 is 0. The van der Waals surface area contributed by atoms with Crippen LogP contribution in [0.4, 0.5) is 0 Å². The summed E-state index contributed by atoms with van der Waals surface area (Å²) in [5, 5.41) is 26.5. The molecule has 0 saturated heterocycles. The summed E-state index contributed by atoms with van der Waals surface area (Å²) in [5.41, 5.74) is 0.580. The van der Waals surface area contributed by atoms with Crippen LogP contribution in [-0.4, -0.2) is 5.87 Å². The third-order valence-electron chi connectivity index (χ3n) is 1.62. The number of rotatable bonds is 0. The van der Waals surface area contributed by atoms with Gasteiger partial charge in [0.1, 0.15) is 0 Å². The molecule has 0 unspecified atom stereocenters. The molecule has 0 aliphatic heterocycles. The molecular weight excluding hydrogens is 162 g/mol. The average molecular weight is 166 g/mol. The Balaban J connectivity index is 3.83. The summed E-state index contributed by atoms with van der Waals surface area (Å²) < 4.78 is 0. The summed E-state index contributed by atoms with van der Waals surface area (Å²) in [6, 6.07) is 6.59. The molecule has 0 amide bonds. The number of hydrogen-bond donors (Lipinski definition) is 0. The van der Waals surface area contributed by atoms with Crippen LogP contribution < -0.4 is 15.8 Å². The molecular formula is C10H4N3. The van der Waals surface area contributed by atoms with Crippen LogP contribution in [0.3, 0.4) is 0 Å². The largest absolute Gasteiger partial charge is 0.192 e. The van der Waals surface area contributed by atoms with Gasteiger partial charge in [-0.2, -0.15) is 10.5 Å². The average Bonchev–Trinajstić information content (AvgIpc) is 2.18. The van der Waals surface area contributed by atoms with Crippen molar-refractivity contribution in [2.24, 2.45) is 0 Å². The molecule has 0 fully saturated rings. The van der Waals surface area contributed by atoms with Crippen LogP contribution in [-0.2, 0) is 0 Å². The SMILES string of the molecule is C=c1c(C#N)cc(C#N)cc1=C=[N]. The van der Waals surface area contributed by atoms with E-state index in [2.05, 4.69) is 6.58 Å². The number of nitrogens with zero attached hydrogens (tertiary/aromatic N) is 3. The molecule has 0 atom stereocenters. The Hall–Kier alpha value is -2.35. The highest BCUT2D eigenvalue weighted by Gasteiger charge is 1.97. The van der Waals surface area contributed by atoms with E-state index >= 15 is 0 Å². The maximum Gasteiger partial charge on any atom is 0.0998 e. The van der Waals surface area contributed by atoms with Crippen LogP contribution in [0.2, 0.25) is 0 Å². The van der Waals surface area contributed by atoms with E-state index < -0.39 is 0 Å². The molecule has 0 aromatic heterocycles. The van der Waals surface area contributed by atoms with E-state index in [1.165, 1.54) is 12.1 Å². The molecule has 0 bridgehead atoms. The Bertz CT molecular complexity index is 552. The van der Waals surface area contributed by atoms with Crippen LogP contribution in [0.15, 0.2) is 12.1 Å². The van der Waals surface area contributed by atoms with E-state index in [0.717, 1.165) is 0 Å². The van der Waals surface area contributed by atoms with Gasteiger partial charge in [-0.3, -0.25) is 0 Å². The fraction of sp³-hybridized carbons (Fsp3) is 0. The van der Waals surface area contributed by atoms with Crippen molar-refractivity contribution >= 4 is 12.4 Å². The van der Waals surface area contributed by atoms with Crippen molar-refractivity contribution in [3.8, 4) is 12.1 Å². The Labute approximate surface area is 75.0 Å². The van der Waals surface area contributed by atoms with Gasteiger partial charge in [0.05, 0.1) is 23.3 Å². The van der Waals surface area contributed by atoms with Crippen molar-refractivity contribution in [3.05, 3.63) is 33.7 Å². The molecule has 0 N–H and O–H groups in total. The van der Waals surface area contributed by atoms with Crippen molar-refractivity contribution in [1.29, 1.82) is 10.5 Å². The summed E-state index contributed by atoms with van der Waals surface area (Å²) in [5.74, 6) is 1.88. The maximum absolute atomic E-state index is 8.65. The first-order valence-electron chi connectivity index (χ1n) is 3.43. The van der Waals surface area contributed by atoms with Crippen molar-refractivity contribution in [2.75, 3.05) is 0 Å². The lowest BCUT2D eigenvalue weighted by molar-refractivity contribution is 1.40. The molecule has 0 heterocycles. The zero-order chi connectivity index (χ0) is 9.84. The van der Waals surface area contributed by atoms with E-state index in [9.17, 15) is 0 Å². The highest BCUT2D eigenvalue weighted by molar-refractivity contribution is 5.54. The summed E-state index contributed by atoms with van der Waals surface area (Å²) in [6.45, 7) is 3.58. The molecule has 3 nitrogen and oxygen atoms in total. The van der Waals surface area contributed by atoms with Crippen LogP contribution in [0, 0.1) is 22.7 Å². The van der Waals surface area contributed by atoms with E-state index in [0.29, 0.717) is 10.8 Å². The maximum atomic E-state index is 8.65. The van der Waals surface area contributed by atoms with Crippen LogP contribution >= 0.6 is 0 Å². The third-order valence-corrected chi connectivity index (χ3v) is 1.62. The Kier molecular flexibility index (Phi) is 2.26. The molecule has 0 saturated carbocycles. The Morgan fingerprint density at radius 1 is 1.15 bits per heavy atom. The van der Waals surface area contributed by atoms with Gasteiger partial charge in [-0.1, -0.05) is 12.0 Å². The van der Waals surface area contributed by atoms with Gasteiger partial charge in [-0.15, -0.1) is 0 Å². The molecule has 1 aromatic rings. The predicted molar refractivity (Wildman–Crippen MR) is 46.9 cm³/mol. The first-order chi connectivity index (χ1) is 6.22. The van der Waals surface area contributed by atoms with E-state index in [4.69, 9.17) is 15.9 Å². The van der Waals surface area contributed by atoms with Crippen molar-refractivity contribution in [2.45, 2.75) is 0 Å². The molecule has 1 radical (unpaired) electrons. The smallest absolute Gasteiger partial charge is 0.0998 e. The van der Waals surface area contributed by atoms with E-state index in [-0.39, 0.29) is 10.8 Å². The highest BCUT2D eigenvalue weighted by Crippen LogP contribution is 1.92. The fourth-order valence-electron chi connectivity index (χ4n) is 0.936. The minimum absolute atomic E-state index is 0.274. The minimum Gasteiger partial charge on any atom is -0.192 e. The van der Waals surface area contributed by atoms with Gasteiger partial charge in [0, 0.05) is 16.3 Å². The van der Waals surface area contributed by atoms with Gasteiger partial charge in [0.25, 0.3) is 0 Å². The predicted octanol–water partition coefficient (Wildman–Crippen LogP) is -1.02. The Morgan fingerprint density at radius 2 is 1.85 bits per heavy atom. The second kappa shape index (κ2) is 3.36. The van der Waals surface area contributed by atoms with Crippen LogP contribution in [0.1, 0.15) is 11.1 Å². The minimum atomic E-state index is 0.274. The normalized spacial score (nSPS) is 8.15. The Morgan fingerprint density at radius 3 is 2.31 bits per heavy atom. The monoisotopic (exact) mass is 166 g/mol. The van der Waals surface area contributed by atoms with Crippen molar-refractivity contribution in [3.63, 3.8) is 0 Å². The number of benzene rings is 1. The zero-order valence-electron chi connectivity index (χ0n) is 6.70. The standard InChI is InChI=1S/C10H4N3/c1-7-9(5-12)2-8(4-11)3-10(7)6-13/h2-3H,1H2. The third kappa shape index (κ3) is 1.46. The molecule has 1 aromatic carbocycles. The molecule has 13 heavy (non-hydrogen) atoms. The van der Waals surface area contributed by atoms with Gasteiger partial charge in [-0.25, -0.2) is 0 Å². The second-order valence-corrected chi connectivity index (χ2v) is 2.39. The summed E-state index contributed by atoms with van der Waals surface area (Å²) in [7, 11) is 0. The summed E-state index contributed by atoms with van der Waals surface area (Å²) in [4.78, 5) is 0. The molecule has 0 aliphatic carbocycles. The fourth-order valence-corrected chi connectivity index (χ4v) is 0.936. The number of nitriles is 2. The lowest BCUT2D eigenvalue weighted by Crippen LogP contribution is -2.28. The molecule has 3 heteroatoms. The van der Waals surface area contributed by atoms with Gasteiger partial charge in [0.15, 0.2) is 0 Å². The molecule has 0 spiro atoms.